The van der Waals surface area contributed by atoms with Crippen molar-refractivity contribution in [2.75, 3.05) is 7.11 Å². The van der Waals surface area contributed by atoms with E-state index in [-0.39, 0.29) is 5.75 Å². The van der Waals surface area contributed by atoms with Crippen LogP contribution in [0.15, 0.2) is 21.6 Å². The van der Waals surface area contributed by atoms with E-state index in [1.54, 1.807) is 12.1 Å². The number of aliphatic imine (C=N–C) groups is 1. The Morgan fingerprint density at radius 1 is 1.56 bits per heavy atom. The molecule has 0 aromatic heterocycles. The van der Waals surface area contributed by atoms with E-state index >= 15 is 0 Å². The Labute approximate surface area is 101 Å². The summed E-state index contributed by atoms with van der Waals surface area (Å²) in [4.78, 5) is 14.1. The first kappa shape index (κ1) is 11.2. The molecule has 1 fully saturated rings. The van der Waals surface area contributed by atoms with Gasteiger partial charge in [0, 0.05) is 11.6 Å². The Kier molecular flexibility index (Phi) is 2.74. The Bertz CT molecular complexity index is 476. The zero-order valence-corrected chi connectivity index (χ0v) is 10.2. The van der Waals surface area contributed by atoms with Crippen LogP contribution in [0, 0.1) is 0 Å². The van der Waals surface area contributed by atoms with Gasteiger partial charge in [-0.05, 0) is 34.8 Å². The number of rotatable bonds is 3. The number of hydrogen-bond acceptors (Lipinski definition) is 4. The highest BCUT2D eigenvalue weighted by Gasteiger charge is 2.47. The van der Waals surface area contributed by atoms with Crippen LogP contribution in [-0.4, -0.2) is 18.3 Å². The zero-order chi connectivity index (χ0) is 11.8. The number of carbonyl (C=O) groups excluding carboxylic acids is 1. The molecule has 0 bridgehead atoms. The average Bonchev–Trinajstić information content (AvgIpc) is 3.02. The number of ether oxygens (including phenoxy) is 1. The fourth-order valence-electron chi connectivity index (χ4n) is 1.72. The number of hydrogen-bond donors (Lipinski definition) is 1. The van der Waals surface area contributed by atoms with Gasteiger partial charge in [0.1, 0.15) is 17.0 Å². The minimum atomic E-state index is -0.569. The van der Waals surface area contributed by atoms with Crippen molar-refractivity contribution in [1.82, 2.24) is 0 Å². The van der Waals surface area contributed by atoms with E-state index in [0.717, 1.165) is 17.3 Å². The van der Waals surface area contributed by atoms with Gasteiger partial charge in [-0.2, -0.15) is 4.99 Å². The highest BCUT2D eigenvalue weighted by molar-refractivity contribution is 9.10. The summed E-state index contributed by atoms with van der Waals surface area (Å²) in [5, 5.41) is 9.86. The van der Waals surface area contributed by atoms with E-state index in [4.69, 9.17) is 4.74 Å². The van der Waals surface area contributed by atoms with Crippen LogP contribution in [0.5, 0.6) is 11.5 Å². The molecular formula is C11H10BrNO3. The molecule has 84 valence electrons. The SMILES string of the molecule is COc1cc(O)c(C2(N=C=O)CC2)cc1Br. The van der Waals surface area contributed by atoms with Gasteiger partial charge < -0.3 is 9.84 Å². The molecule has 0 atom stereocenters. The maximum atomic E-state index is 10.3. The molecule has 1 aromatic carbocycles. The van der Waals surface area contributed by atoms with Crippen molar-refractivity contribution in [3.63, 3.8) is 0 Å². The summed E-state index contributed by atoms with van der Waals surface area (Å²) in [6.07, 6.45) is 3.08. The highest BCUT2D eigenvalue weighted by atomic mass is 79.9. The number of benzene rings is 1. The van der Waals surface area contributed by atoms with Crippen LogP contribution < -0.4 is 4.74 Å². The third kappa shape index (κ3) is 1.72. The largest absolute Gasteiger partial charge is 0.507 e. The first-order valence-electron chi connectivity index (χ1n) is 4.79. The second kappa shape index (κ2) is 3.92. The number of phenols is 1. The molecule has 0 amide bonds. The summed E-state index contributed by atoms with van der Waals surface area (Å²) in [6, 6.07) is 3.25. The second-order valence-corrected chi connectivity index (χ2v) is 4.59. The smallest absolute Gasteiger partial charge is 0.235 e. The van der Waals surface area contributed by atoms with Crippen molar-refractivity contribution in [2.24, 2.45) is 4.99 Å². The molecule has 0 unspecified atom stereocenters. The van der Waals surface area contributed by atoms with Crippen molar-refractivity contribution in [3.05, 3.63) is 22.2 Å². The molecule has 0 saturated heterocycles. The van der Waals surface area contributed by atoms with E-state index < -0.39 is 5.54 Å². The lowest BCUT2D eigenvalue weighted by atomic mass is 10.0. The van der Waals surface area contributed by atoms with Crippen molar-refractivity contribution in [3.8, 4) is 11.5 Å². The van der Waals surface area contributed by atoms with E-state index in [2.05, 4.69) is 20.9 Å². The fourth-order valence-corrected chi connectivity index (χ4v) is 2.22. The summed E-state index contributed by atoms with van der Waals surface area (Å²) in [7, 11) is 1.52. The highest BCUT2D eigenvalue weighted by Crippen LogP contribution is 2.53. The topological polar surface area (TPSA) is 58.9 Å². The van der Waals surface area contributed by atoms with Crippen LogP contribution in [-0.2, 0) is 10.3 Å². The molecule has 1 N–H and O–H groups in total. The minimum Gasteiger partial charge on any atom is -0.507 e. The molecule has 0 radical (unpaired) electrons. The Hall–Kier alpha value is -1.32. The van der Waals surface area contributed by atoms with Crippen molar-refractivity contribution in [1.29, 1.82) is 0 Å². The minimum absolute atomic E-state index is 0.0940. The number of phenolic OH excluding ortho intramolecular Hbond substituents is 1. The standard InChI is InChI=1S/C11H10BrNO3/c1-16-10-5-9(15)7(4-8(10)12)11(2-3-11)13-6-14/h4-5,15H,2-3H2,1H3. The lowest BCUT2D eigenvalue weighted by molar-refractivity contribution is 0.402. The van der Waals surface area contributed by atoms with E-state index in [1.165, 1.54) is 13.2 Å². The zero-order valence-electron chi connectivity index (χ0n) is 8.66. The van der Waals surface area contributed by atoms with E-state index in [0.29, 0.717) is 11.3 Å². The monoisotopic (exact) mass is 283 g/mol. The molecule has 0 aliphatic heterocycles. The quantitative estimate of drug-likeness (QED) is 0.685. The van der Waals surface area contributed by atoms with Gasteiger partial charge in [0.15, 0.2) is 0 Å². The first-order valence-corrected chi connectivity index (χ1v) is 5.58. The normalized spacial score (nSPS) is 16.4. The third-order valence-electron chi connectivity index (χ3n) is 2.75. The number of aromatic hydroxyl groups is 1. The van der Waals surface area contributed by atoms with Crippen LogP contribution in [0.25, 0.3) is 0 Å². The third-order valence-corrected chi connectivity index (χ3v) is 3.37. The molecule has 2 rings (SSSR count). The molecule has 1 aliphatic carbocycles. The Morgan fingerprint density at radius 2 is 2.25 bits per heavy atom. The molecule has 1 aliphatic rings. The molecule has 1 saturated carbocycles. The summed E-state index contributed by atoms with van der Waals surface area (Å²) in [5.41, 5.74) is 0.0733. The van der Waals surface area contributed by atoms with Gasteiger partial charge in [0.2, 0.25) is 6.08 Å². The summed E-state index contributed by atoms with van der Waals surface area (Å²) >= 11 is 3.34. The second-order valence-electron chi connectivity index (χ2n) is 3.74. The predicted molar refractivity (Wildman–Crippen MR) is 61.4 cm³/mol. The van der Waals surface area contributed by atoms with Crippen LogP contribution in [0.4, 0.5) is 0 Å². The van der Waals surface area contributed by atoms with Gasteiger partial charge in [-0.15, -0.1) is 0 Å². The Morgan fingerprint density at radius 3 is 2.75 bits per heavy atom. The van der Waals surface area contributed by atoms with Crippen LogP contribution >= 0.6 is 15.9 Å². The maximum absolute atomic E-state index is 10.3. The van der Waals surface area contributed by atoms with Crippen molar-refractivity contribution >= 4 is 22.0 Å². The van der Waals surface area contributed by atoms with Crippen molar-refractivity contribution in [2.45, 2.75) is 18.4 Å². The number of nitrogens with zero attached hydrogens (tertiary/aromatic N) is 1. The summed E-state index contributed by atoms with van der Waals surface area (Å²) < 4.78 is 5.79. The van der Waals surface area contributed by atoms with Crippen LogP contribution in [0.1, 0.15) is 18.4 Å². The summed E-state index contributed by atoms with van der Waals surface area (Å²) in [6.45, 7) is 0. The number of methoxy groups -OCH3 is 1. The van der Waals surface area contributed by atoms with Gasteiger partial charge in [0.05, 0.1) is 11.6 Å². The molecule has 4 nitrogen and oxygen atoms in total. The van der Waals surface area contributed by atoms with Gasteiger partial charge in [-0.25, -0.2) is 4.79 Å². The molecule has 16 heavy (non-hydrogen) atoms. The number of halogens is 1. The molecule has 5 heteroatoms. The molecule has 0 heterocycles. The average molecular weight is 284 g/mol. The molecule has 0 spiro atoms. The van der Waals surface area contributed by atoms with Gasteiger partial charge >= 0.3 is 0 Å². The van der Waals surface area contributed by atoms with Gasteiger partial charge in [0.25, 0.3) is 0 Å². The molecule has 1 aromatic rings. The molecular weight excluding hydrogens is 274 g/mol. The lowest BCUT2D eigenvalue weighted by Gasteiger charge is -2.13. The van der Waals surface area contributed by atoms with Crippen LogP contribution in [0.2, 0.25) is 0 Å². The fraction of sp³-hybridized carbons (Fsp3) is 0.364. The van der Waals surface area contributed by atoms with Crippen molar-refractivity contribution < 1.29 is 14.6 Å². The van der Waals surface area contributed by atoms with E-state index in [9.17, 15) is 9.90 Å². The summed E-state index contributed by atoms with van der Waals surface area (Å²) in [5.74, 6) is 0.642. The Balaban J connectivity index is 2.50. The van der Waals surface area contributed by atoms with E-state index in [1.807, 2.05) is 0 Å². The van der Waals surface area contributed by atoms with Crippen LogP contribution in [0.3, 0.4) is 0 Å². The maximum Gasteiger partial charge on any atom is 0.235 e. The lowest BCUT2D eigenvalue weighted by Crippen LogP contribution is -2.03. The number of isocyanates is 1. The van der Waals surface area contributed by atoms with Gasteiger partial charge in [-0.3, -0.25) is 0 Å². The first-order chi connectivity index (χ1) is 7.63. The predicted octanol–water partition coefficient (Wildman–Crippen LogP) is 2.49. The van der Waals surface area contributed by atoms with Gasteiger partial charge in [-0.1, -0.05) is 0 Å².